The lowest BCUT2D eigenvalue weighted by Crippen LogP contribution is -2.43. The molecule has 3 rings (SSSR count). The number of fused-ring (bicyclic) bond motifs is 1. The molecular weight excluding hydrogens is 344 g/mol. The lowest BCUT2D eigenvalue weighted by molar-refractivity contribution is -0.120. The third-order valence-corrected chi connectivity index (χ3v) is 4.51. The Kier molecular flexibility index (Phi) is 4.83. The van der Waals surface area contributed by atoms with Crippen LogP contribution >= 0.6 is 0 Å². The van der Waals surface area contributed by atoms with E-state index >= 15 is 0 Å². The summed E-state index contributed by atoms with van der Waals surface area (Å²) in [4.78, 5) is 24.9. The maximum atomic E-state index is 12.2. The number of carbonyl (C=O) groups excluding carboxylic acids is 2. The summed E-state index contributed by atoms with van der Waals surface area (Å²) < 4.78 is 11.8. The van der Waals surface area contributed by atoms with Gasteiger partial charge in [0.05, 0.1) is 12.3 Å². The largest absolute Gasteiger partial charge is 0.492 e. The molecule has 3 amide bonds. The van der Waals surface area contributed by atoms with E-state index in [1.165, 1.54) is 0 Å². The Morgan fingerprint density at radius 1 is 1.15 bits per heavy atom. The Bertz CT molecular complexity index is 872. The molecule has 142 valence electrons. The van der Waals surface area contributed by atoms with Crippen LogP contribution in [0.25, 0.3) is 0 Å². The number of anilines is 1. The normalized spacial score (nSPS) is 14.4. The Balaban J connectivity index is 1.87. The number of hydrogen-bond acceptors (Lipinski definition) is 4. The molecular formula is C21H24N2O4. The third-order valence-electron chi connectivity index (χ3n) is 4.51. The number of amides is 3. The zero-order chi connectivity index (χ0) is 19.8. The van der Waals surface area contributed by atoms with Crippen molar-refractivity contribution in [2.24, 2.45) is 11.7 Å². The molecule has 6 heteroatoms. The van der Waals surface area contributed by atoms with Crippen molar-refractivity contribution in [1.82, 2.24) is 0 Å². The summed E-state index contributed by atoms with van der Waals surface area (Å²) in [5.41, 5.74) is 6.68. The molecule has 0 atom stereocenters. The molecule has 2 N–H and O–H groups in total. The first-order chi connectivity index (χ1) is 12.7. The summed E-state index contributed by atoms with van der Waals surface area (Å²) in [6.07, 6.45) is 0. The van der Waals surface area contributed by atoms with Gasteiger partial charge in [0.15, 0.2) is 0 Å². The molecule has 0 unspecified atom stereocenters. The van der Waals surface area contributed by atoms with Crippen LogP contribution in [0.4, 0.5) is 10.5 Å². The van der Waals surface area contributed by atoms with Crippen LogP contribution in [0.5, 0.6) is 17.2 Å². The van der Waals surface area contributed by atoms with Crippen LogP contribution in [0.2, 0.25) is 0 Å². The first-order valence-corrected chi connectivity index (χ1v) is 8.88. The fraction of sp³-hybridized carbons (Fsp3) is 0.333. The highest BCUT2D eigenvalue weighted by atomic mass is 16.5. The monoisotopic (exact) mass is 368 g/mol. The number of imide groups is 1. The van der Waals surface area contributed by atoms with Gasteiger partial charge in [0.1, 0.15) is 17.2 Å². The average molecular weight is 368 g/mol. The smallest absolute Gasteiger partial charge is 0.326 e. The Labute approximate surface area is 158 Å². The SMILES string of the molecule is CC(C)C(=O)N(C(N)=O)c1ccc(Oc2cccc3c2C(C)(C)CO3)cc1. The van der Waals surface area contributed by atoms with Crippen LogP contribution in [-0.2, 0) is 10.2 Å². The molecule has 2 aromatic carbocycles. The minimum absolute atomic E-state index is 0.141. The van der Waals surface area contributed by atoms with Crippen molar-refractivity contribution in [2.75, 3.05) is 11.5 Å². The van der Waals surface area contributed by atoms with Gasteiger partial charge in [0.2, 0.25) is 5.91 Å². The van der Waals surface area contributed by atoms with E-state index in [9.17, 15) is 9.59 Å². The number of carbonyl (C=O) groups is 2. The highest BCUT2D eigenvalue weighted by Gasteiger charge is 2.35. The van der Waals surface area contributed by atoms with Crippen LogP contribution in [0, 0.1) is 5.92 Å². The second-order valence-electron chi connectivity index (χ2n) is 7.56. The Morgan fingerprint density at radius 2 is 1.81 bits per heavy atom. The van der Waals surface area contributed by atoms with Crippen molar-refractivity contribution in [3.8, 4) is 17.2 Å². The molecule has 1 aliphatic rings. The van der Waals surface area contributed by atoms with Gasteiger partial charge < -0.3 is 15.2 Å². The highest BCUT2D eigenvalue weighted by molar-refractivity contribution is 6.14. The van der Waals surface area contributed by atoms with Crippen LogP contribution < -0.4 is 20.1 Å². The molecule has 0 saturated carbocycles. The average Bonchev–Trinajstić information content (AvgIpc) is 2.92. The number of ether oxygens (including phenoxy) is 2. The van der Waals surface area contributed by atoms with Crippen molar-refractivity contribution in [3.63, 3.8) is 0 Å². The molecule has 2 aromatic rings. The molecule has 0 fully saturated rings. The van der Waals surface area contributed by atoms with Gasteiger partial charge in [0.25, 0.3) is 0 Å². The van der Waals surface area contributed by atoms with Gasteiger partial charge in [-0.1, -0.05) is 33.8 Å². The molecule has 1 heterocycles. The zero-order valence-electron chi connectivity index (χ0n) is 16.0. The van der Waals surface area contributed by atoms with Gasteiger partial charge >= 0.3 is 6.03 Å². The molecule has 0 aliphatic carbocycles. The fourth-order valence-corrected chi connectivity index (χ4v) is 3.13. The summed E-state index contributed by atoms with van der Waals surface area (Å²) in [6.45, 7) is 8.26. The zero-order valence-corrected chi connectivity index (χ0v) is 16.0. The van der Waals surface area contributed by atoms with Crippen LogP contribution in [0.15, 0.2) is 42.5 Å². The van der Waals surface area contributed by atoms with E-state index in [0.29, 0.717) is 18.0 Å². The summed E-state index contributed by atoms with van der Waals surface area (Å²) in [7, 11) is 0. The van der Waals surface area contributed by atoms with Crippen molar-refractivity contribution in [1.29, 1.82) is 0 Å². The van der Waals surface area contributed by atoms with E-state index in [1.807, 2.05) is 18.2 Å². The number of rotatable bonds is 4. The van der Waals surface area contributed by atoms with Gasteiger partial charge in [-0.3, -0.25) is 4.79 Å². The number of hydrogen-bond donors (Lipinski definition) is 1. The van der Waals surface area contributed by atoms with Crippen molar-refractivity contribution >= 4 is 17.6 Å². The molecule has 1 aliphatic heterocycles. The maximum absolute atomic E-state index is 12.2. The van der Waals surface area contributed by atoms with Crippen LogP contribution in [0.1, 0.15) is 33.3 Å². The van der Waals surface area contributed by atoms with E-state index in [0.717, 1.165) is 22.0 Å². The topological polar surface area (TPSA) is 81.9 Å². The van der Waals surface area contributed by atoms with E-state index in [2.05, 4.69) is 13.8 Å². The molecule has 0 aromatic heterocycles. The number of nitrogens with zero attached hydrogens (tertiary/aromatic N) is 1. The third kappa shape index (κ3) is 3.60. The van der Waals surface area contributed by atoms with Gasteiger partial charge in [-0.25, -0.2) is 9.69 Å². The molecule has 27 heavy (non-hydrogen) atoms. The van der Waals surface area contributed by atoms with Gasteiger partial charge in [0, 0.05) is 16.9 Å². The predicted molar refractivity (Wildman–Crippen MR) is 103 cm³/mol. The lowest BCUT2D eigenvalue weighted by atomic mass is 9.86. The maximum Gasteiger partial charge on any atom is 0.326 e. The Hall–Kier alpha value is -3.02. The molecule has 0 radical (unpaired) electrons. The van der Waals surface area contributed by atoms with E-state index in [-0.39, 0.29) is 17.2 Å². The molecule has 0 saturated heterocycles. The number of benzene rings is 2. The summed E-state index contributed by atoms with van der Waals surface area (Å²) in [6, 6.07) is 11.6. The summed E-state index contributed by atoms with van der Waals surface area (Å²) >= 11 is 0. The molecule has 6 nitrogen and oxygen atoms in total. The second-order valence-corrected chi connectivity index (χ2v) is 7.56. The van der Waals surface area contributed by atoms with E-state index in [4.69, 9.17) is 15.2 Å². The van der Waals surface area contributed by atoms with Crippen LogP contribution in [0.3, 0.4) is 0 Å². The molecule has 0 spiro atoms. The first kappa shape index (κ1) is 18.8. The van der Waals surface area contributed by atoms with Crippen LogP contribution in [-0.4, -0.2) is 18.5 Å². The van der Waals surface area contributed by atoms with E-state index in [1.54, 1.807) is 38.1 Å². The fourth-order valence-electron chi connectivity index (χ4n) is 3.13. The van der Waals surface area contributed by atoms with Crippen molar-refractivity contribution in [3.05, 3.63) is 48.0 Å². The standard InChI is InChI=1S/C21H24N2O4/c1-13(2)19(24)23(20(22)25)14-8-10-15(11-9-14)27-17-7-5-6-16-18(17)21(3,4)12-26-16/h5-11,13H,12H2,1-4H3,(H2,22,25). The number of primary amides is 1. The quantitative estimate of drug-likeness (QED) is 0.876. The highest BCUT2D eigenvalue weighted by Crippen LogP contribution is 2.45. The number of nitrogens with two attached hydrogens (primary N) is 1. The predicted octanol–water partition coefficient (Wildman–Crippen LogP) is 4.22. The minimum atomic E-state index is -0.804. The Morgan fingerprint density at radius 3 is 2.41 bits per heavy atom. The van der Waals surface area contributed by atoms with Gasteiger partial charge in [-0.2, -0.15) is 0 Å². The number of urea groups is 1. The van der Waals surface area contributed by atoms with E-state index < -0.39 is 6.03 Å². The lowest BCUT2D eigenvalue weighted by Gasteiger charge is -2.21. The minimum Gasteiger partial charge on any atom is -0.492 e. The first-order valence-electron chi connectivity index (χ1n) is 8.88. The van der Waals surface area contributed by atoms with Crippen molar-refractivity contribution in [2.45, 2.75) is 33.1 Å². The second kappa shape index (κ2) is 6.95. The summed E-state index contributed by atoms with van der Waals surface area (Å²) in [5, 5.41) is 0. The van der Waals surface area contributed by atoms with Gasteiger partial charge in [-0.05, 0) is 36.4 Å². The van der Waals surface area contributed by atoms with Crippen molar-refractivity contribution < 1.29 is 19.1 Å². The molecule has 0 bridgehead atoms. The summed E-state index contributed by atoms with van der Waals surface area (Å²) in [5.74, 6) is 1.46. The van der Waals surface area contributed by atoms with Gasteiger partial charge in [-0.15, -0.1) is 0 Å².